The van der Waals surface area contributed by atoms with Crippen LogP contribution >= 0.6 is 0 Å². The van der Waals surface area contributed by atoms with E-state index < -0.39 is 0 Å². The molecule has 1 rings (SSSR count). The molecule has 0 aliphatic carbocycles. The van der Waals surface area contributed by atoms with Crippen LogP contribution < -0.4 is 21.7 Å². The third kappa shape index (κ3) is 6.13. The van der Waals surface area contributed by atoms with Crippen LogP contribution in [0.15, 0.2) is 24.3 Å². The van der Waals surface area contributed by atoms with Crippen molar-refractivity contribution in [2.24, 2.45) is 11.7 Å². The molecule has 1 aromatic rings. The van der Waals surface area contributed by atoms with Gasteiger partial charge in [-0.05, 0) is 38.5 Å². The average molecular weight is 306 g/mol. The van der Waals surface area contributed by atoms with Crippen LogP contribution in [0.25, 0.3) is 0 Å². The van der Waals surface area contributed by atoms with Gasteiger partial charge in [-0.2, -0.15) is 0 Å². The molecule has 0 aliphatic rings. The van der Waals surface area contributed by atoms with Crippen LogP contribution in [0.4, 0.5) is 10.5 Å². The molecule has 0 spiro atoms. The molecule has 0 heterocycles. The molecule has 0 bridgehead atoms. The Morgan fingerprint density at radius 3 is 2.18 bits per heavy atom. The maximum absolute atomic E-state index is 11.8. The first-order chi connectivity index (χ1) is 10.3. The first kappa shape index (κ1) is 18.0. The highest BCUT2D eigenvalue weighted by Gasteiger charge is 2.16. The molecule has 0 fully saturated rings. The quantitative estimate of drug-likeness (QED) is 0.645. The van der Waals surface area contributed by atoms with Gasteiger partial charge in [-0.1, -0.05) is 19.1 Å². The molecule has 6 heteroatoms. The minimum Gasteiger partial charge on any atom is -0.352 e. The minimum absolute atomic E-state index is 0.0616. The molecule has 122 valence electrons. The van der Waals surface area contributed by atoms with Crippen LogP contribution in [0.1, 0.15) is 33.3 Å². The molecule has 22 heavy (non-hydrogen) atoms. The SMILES string of the molecule is CC(C)NC(=O)Nc1ccc(CNC(=O)C(C)C(C)N)cc1. The maximum Gasteiger partial charge on any atom is 0.319 e. The van der Waals surface area contributed by atoms with Gasteiger partial charge in [-0.3, -0.25) is 4.79 Å². The lowest BCUT2D eigenvalue weighted by Crippen LogP contribution is -2.38. The topological polar surface area (TPSA) is 96.2 Å². The summed E-state index contributed by atoms with van der Waals surface area (Å²) in [5.74, 6) is -0.283. The Bertz CT molecular complexity index is 497. The molecule has 1 aromatic carbocycles. The average Bonchev–Trinajstić information content (AvgIpc) is 2.44. The molecule has 2 atom stereocenters. The lowest BCUT2D eigenvalue weighted by Gasteiger charge is -2.15. The van der Waals surface area contributed by atoms with Gasteiger partial charge in [0.25, 0.3) is 0 Å². The number of rotatable bonds is 6. The van der Waals surface area contributed by atoms with E-state index in [1.54, 1.807) is 19.1 Å². The van der Waals surface area contributed by atoms with E-state index in [2.05, 4.69) is 16.0 Å². The second-order valence-corrected chi connectivity index (χ2v) is 5.82. The molecular weight excluding hydrogens is 280 g/mol. The molecule has 0 saturated heterocycles. The number of nitrogens with one attached hydrogen (secondary N) is 3. The second-order valence-electron chi connectivity index (χ2n) is 5.82. The molecule has 5 N–H and O–H groups in total. The van der Waals surface area contributed by atoms with Crippen LogP contribution in [0.3, 0.4) is 0 Å². The maximum atomic E-state index is 11.8. The van der Waals surface area contributed by atoms with E-state index in [0.717, 1.165) is 5.56 Å². The summed E-state index contributed by atoms with van der Waals surface area (Å²) < 4.78 is 0. The fourth-order valence-corrected chi connectivity index (χ4v) is 1.72. The zero-order valence-corrected chi connectivity index (χ0v) is 13.6. The van der Waals surface area contributed by atoms with Crippen LogP contribution in [0.2, 0.25) is 0 Å². The molecule has 0 saturated carbocycles. The van der Waals surface area contributed by atoms with Gasteiger partial charge < -0.3 is 21.7 Å². The predicted molar refractivity (Wildman–Crippen MR) is 88.4 cm³/mol. The van der Waals surface area contributed by atoms with Gasteiger partial charge in [0.05, 0.1) is 0 Å². The molecule has 3 amide bonds. The number of urea groups is 1. The van der Waals surface area contributed by atoms with Crippen molar-refractivity contribution in [3.8, 4) is 0 Å². The minimum atomic E-state index is -0.234. The first-order valence-electron chi connectivity index (χ1n) is 7.49. The highest BCUT2D eigenvalue weighted by atomic mass is 16.2. The molecule has 0 aliphatic heterocycles. The molecule has 2 unspecified atom stereocenters. The molecular formula is C16H26N4O2. The summed E-state index contributed by atoms with van der Waals surface area (Å²) in [5.41, 5.74) is 7.36. The third-order valence-corrected chi connectivity index (χ3v) is 3.30. The summed E-state index contributed by atoms with van der Waals surface area (Å²) in [6.07, 6.45) is 0. The number of anilines is 1. The van der Waals surface area contributed by atoms with E-state index in [4.69, 9.17) is 5.73 Å². The Labute approximate surface area is 131 Å². The number of carbonyl (C=O) groups is 2. The fourth-order valence-electron chi connectivity index (χ4n) is 1.72. The summed E-state index contributed by atoms with van der Waals surface area (Å²) in [7, 11) is 0. The molecule has 6 nitrogen and oxygen atoms in total. The lowest BCUT2D eigenvalue weighted by molar-refractivity contribution is -0.125. The van der Waals surface area contributed by atoms with Crippen molar-refractivity contribution in [3.05, 3.63) is 29.8 Å². The van der Waals surface area contributed by atoms with Crippen LogP contribution in [-0.4, -0.2) is 24.0 Å². The van der Waals surface area contributed by atoms with E-state index in [1.807, 2.05) is 32.9 Å². The van der Waals surface area contributed by atoms with Crippen molar-refractivity contribution in [1.82, 2.24) is 10.6 Å². The number of hydrogen-bond acceptors (Lipinski definition) is 3. The van der Waals surface area contributed by atoms with Gasteiger partial charge in [0.15, 0.2) is 0 Å². The van der Waals surface area contributed by atoms with Crippen molar-refractivity contribution < 1.29 is 9.59 Å². The number of benzene rings is 1. The number of carbonyl (C=O) groups excluding carboxylic acids is 2. The monoisotopic (exact) mass is 306 g/mol. The van der Waals surface area contributed by atoms with Gasteiger partial charge in [0.2, 0.25) is 5.91 Å². The van der Waals surface area contributed by atoms with E-state index in [-0.39, 0.29) is 29.9 Å². The Hall–Kier alpha value is -2.08. The summed E-state index contributed by atoms with van der Waals surface area (Å²) in [4.78, 5) is 23.4. The van der Waals surface area contributed by atoms with Gasteiger partial charge in [-0.25, -0.2) is 4.79 Å². The van der Waals surface area contributed by atoms with Crippen LogP contribution in [-0.2, 0) is 11.3 Å². The Kier molecular flexibility index (Phi) is 6.85. The van der Waals surface area contributed by atoms with Crippen LogP contribution in [0.5, 0.6) is 0 Å². The van der Waals surface area contributed by atoms with Crippen molar-refractivity contribution in [3.63, 3.8) is 0 Å². The van der Waals surface area contributed by atoms with E-state index in [1.165, 1.54) is 0 Å². The van der Waals surface area contributed by atoms with Gasteiger partial charge >= 0.3 is 6.03 Å². The van der Waals surface area contributed by atoms with E-state index in [9.17, 15) is 9.59 Å². The van der Waals surface area contributed by atoms with E-state index in [0.29, 0.717) is 12.2 Å². The Morgan fingerprint density at radius 1 is 1.09 bits per heavy atom. The summed E-state index contributed by atoms with van der Waals surface area (Å²) >= 11 is 0. The number of hydrogen-bond donors (Lipinski definition) is 4. The normalized spacial score (nSPS) is 13.4. The van der Waals surface area contributed by atoms with Crippen molar-refractivity contribution >= 4 is 17.6 Å². The first-order valence-corrected chi connectivity index (χ1v) is 7.49. The molecule has 0 aromatic heterocycles. The summed E-state index contributed by atoms with van der Waals surface area (Å²) in [5, 5.41) is 8.34. The summed E-state index contributed by atoms with van der Waals surface area (Å²) in [6.45, 7) is 7.85. The van der Waals surface area contributed by atoms with Crippen molar-refractivity contribution in [2.45, 2.75) is 46.3 Å². The van der Waals surface area contributed by atoms with E-state index >= 15 is 0 Å². The predicted octanol–water partition coefficient (Wildman–Crippen LogP) is 1.82. The van der Waals surface area contributed by atoms with Crippen LogP contribution in [0, 0.1) is 5.92 Å². The largest absolute Gasteiger partial charge is 0.352 e. The lowest BCUT2D eigenvalue weighted by atomic mass is 10.0. The second kappa shape index (κ2) is 8.38. The highest BCUT2D eigenvalue weighted by molar-refractivity contribution is 5.89. The molecule has 0 radical (unpaired) electrons. The zero-order valence-electron chi connectivity index (χ0n) is 13.6. The van der Waals surface area contributed by atoms with Gasteiger partial charge in [-0.15, -0.1) is 0 Å². The fraction of sp³-hybridized carbons (Fsp3) is 0.500. The Morgan fingerprint density at radius 2 is 1.68 bits per heavy atom. The third-order valence-electron chi connectivity index (χ3n) is 3.30. The van der Waals surface area contributed by atoms with Crippen molar-refractivity contribution in [1.29, 1.82) is 0 Å². The number of amides is 3. The standard InChI is InChI=1S/C16H26N4O2/c1-10(2)19-16(22)20-14-7-5-13(6-8-14)9-18-15(21)11(3)12(4)17/h5-8,10-12H,9,17H2,1-4H3,(H,18,21)(H2,19,20,22). The van der Waals surface area contributed by atoms with Crippen molar-refractivity contribution in [2.75, 3.05) is 5.32 Å². The summed E-state index contributed by atoms with van der Waals surface area (Å²) in [6, 6.07) is 7.00. The smallest absolute Gasteiger partial charge is 0.319 e. The van der Waals surface area contributed by atoms with Gasteiger partial charge in [0.1, 0.15) is 0 Å². The highest BCUT2D eigenvalue weighted by Crippen LogP contribution is 2.10. The zero-order chi connectivity index (χ0) is 16.7. The Balaban J connectivity index is 2.48. The van der Waals surface area contributed by atoms with Gasteiger partial charge in [0, 0.05) is 30.2 Å². The number of nitrogens with two attached hydrogens (primary N) is 1.